The van der Waals surface area contributed by atoms with Crippen molar-refractivity contribution in [3.05, 3.63) is 53.0 Å². The van der Waals surface area contributed by atoms with Gasteiger partial charge in [-0.1, -0.05) is 15.9 Å². The highest BCUT2D eigenvalue weighted by Gasteiger charge is 2.13. The van der Waals surface area contributed by atoms with Crippen LogP contribution in [-0.4, -0.2) is 26.0 Å². The highest BCUT2D eigenvalue weighted by Crippen LogP contribution is 2.15. The fourth-order valence-electron chi connectivity index (χ4n) is 1.76. The molecule has 0 aliphatic heterocycles. The van der Waals surface area contributed by atoms with Crippen LogP contribution in [0.25, 0.3) is 0 Å². The average molecular weight is 399 g/mol. The highest BCUT2D eigenvalue weighted by atomic mass is 79.9. The third-order valence-corrected chi connectivity index (χ3v) is 4.92. The molecule has 0 aliphatic rings. The topological polar surface area (TPSA) is 95.5 Å². The smallest absolute Gasteiger partial charge is 0.240 e. The van der Waals surface area contributed by atoms with E-state index >= 15 is 0 Å². The van der Waals surface area contributed by atoms with Gasteiger partial charge in [0.15, 0.2) is 0 Å². The van der Waals surface area contributed by atoms with Gasteiger partial charge in [0.2, 0.25) is 15.9 Å². The van der Waals surface area contributed by atoms with Crippen molar-refractivity contribution in [1.82, 2.24) is 4.72 Å². The van der Waals surface area contributed by atoms with Crippen LogP contribution in [0.1, 0.15) is 6.42 Å². The van der Waals surface area contributed by atoms with Gasteiger partial charge in [0, 0.05) is 23.1 Å². The molecule has 122 valence electrons. The van der Waals surface area contributed by atoms with Crippen molar-refractivity contribution in [2.75, 3.05) is 11.9 Å². The van der Waals surface area contributed by atoms with Crippen molar-refractivity contribution in [3.63, 3.8) is 0 Å². The third-order valence-electron chi connectivity index (χ3n) is 2.92. The molecule has 0 heterocycles. The third kappa shape index (κ3) is 5.34. The first-order chi connectivity index (χ1) is 10.9. The van der Waals surface area contributed by atoms with E-state index in [0.29, 0.717) is 5.69 Å². The van der Waals surface area contributed by atoms with Gasteiger partial charge in [-0.15, -0.1) is 0 Å². The van der Waals surface area contributed by atoms with Gasteiger partial charge in [-0.2, -0.15) is 0 Å². The number of hydrogen-bond acceptors (Lipinski definition) is 4. The number of rotatable bonds is 6. The molecule has 0 bridgehead atoms. The van der Waals surface area contributed by atoms with E-state index in [1.54, 1.807) is 24.3 Å². The average Bonchev–Trinajstić information content (AvgIpc) is 2.50. The van der Waals surface area contributed by atoms with Gasteiger partial charge >= 0.3 is 0 Å². The molecule has 0 saturated heterocycles. The Morgan fingerprint density at radius 2 is 1.65 bits per heavy atom. The van der Waals surface area contributed by atoms with E-state index in [9.17, 15) is 13.2 Å². The molecule has 0 spiro atoms. The van der Waals surface area contributed by atoms with E-state index in [1.807, 2.05) is 0 Å². The maximum absolute atomic E-state index is 12.0. The van der Waals surface area contributed by atoms with Crippen LogP contribution in [0.2, 0.25) is 0 Å². The lowest BCUT2D eigenvalue weighted by atomic mass is 10.3. The zero-order valence-electron chi connectivity index (χ0n) is 12.0. The van der Waals surface area contributed by atoms with Crippen LogP contribution in [0.15, 0.2) is 57.9 Å². The number of anilines is 1. The molecule has 23 heavy (non-hydrogen) atoms. The largest absolute Gasteiger partial charge is 0.508 e. The van der Waals surface area contributed by atoms with E-state index in [4.69, 9.17) is 5.11 Å². The second-order valence-electron chi connectivity index (χ2n) is 4.70. The van der Waals surface area contributed by atoms with E-state index in [0.717, 1.165) is 4.47 Å². The van der Waals surface area contributed by atoms with Gasteiger partial charge in [-0.05, 0) is 48.5 Å². The lowest BCUT2D eigenvalue weighted by molar-refractivity contribution is -0.116. The summed E-state index contributed by atoms with van der Waals surface area (Å²) in [4.78, 5) is 11.9. The minimum absolute atomic E-state index is 0.00334. The maximum Gasteiger partial charge on any atom is 0.240 e. The zero-order valence-corrected chi connectivity index (χ0v) is 14.4. The van der Waals surface area contributed by atoms with Crippen LogP contribution in [0.5, 0.6) is 5.75 Å². The van der Waals surface area contributed by atoms with Gasteiger partial charge in [-0.3, -0.25) is 4.79 Å². The van der Waals surface area contributed by atoms with Crippen molar-refractivity contribution in [1.29, 1.82) is 0 Å². The zero-order chi connectivity index (χ0) is 16.9. The Bertz CT molecular complexity index is 774. The van der Waals surface area contributed by atoms with Gasteiger partial charge < -0.3 is 10.4 Å². The van der Waals surface area contributed by atoms with Gasteiger partial charge in [0.05, 0.1) is 4.90 Å². The molecule has 3 N–H and O–H groups in total. The monoisotopic (exact) mass is 398 g/mol. The standard InChI is InChI=1S/C15H15BrN2O4S/c16-11-1-7-14(8-2-11)23(21,22)17-10-9-15(20)18-12-3-5-13(19)6-4-12/h1-8,17,19H,9-10H2,(H,18,20). The number of halogens is 1. The summed E-state index contributed by atoms with van der Waals surface area (Å²) in [6, 6.07) is 12.2. The Balaban J connectivity index is 1.85. The number of nitrogens with one attached hydrogen (secondary N) is 2. The van der Waals surface area contributed by atoms with Crippen molar-refractivity contribution >= 4 is 37.5 Å². The number of phenols is 1. The molecule has 2 aromatic rings. The summed E-state index contributed by atoms with van der Waals surface area (Å²) in [6.07, 6.45) is -0.00334. The summed E-state index contributed by atoms with van der Waals surface area (Å²) in [5.74, 6) is -0.223. The predicted molar refractivity (Wildman–Crippen MR) is 90.7 cm³/mol. The number of phenolic OH excluding ortho intramolecular Hbond substituents is 1. The highest BCUT2D eigenvalue weighted by molar-refractivity contribution is 9.10. The van der Waals surface area contributed by atoms with E-state index in [2.05, 4.69) is 26.0 Å². The Labute approximate surface area is 142 Å². The first kappa shape index (κ1) is 17.5. The second-order valence-corrected chi connectivity index (χ2v) is 7.38. The Hall–Kier alpha value is -1.90. The number of aromatic hydroxyl groups is 1. The molecule has 0 atom stereocenters. The molecule has 2 aromatic carbocycles. The summed E-state index contributed by atoms with van der Waals surface area (Å²) in [5.41, 5.74) is 0.531. The van der Waals surface area contributed by atoms with Gasteiger partial charge in [0.1, 0.15) is 5.75 Å². The first-order valence-corrected chi connectivity index (χ1v) is 8.98. The summed E-state index contributed by atoms with van der Waals surface area (Å²) >= 11 is 3.24. The lowest BCUT2D eigenvalue weighted by Crippen LogP contribution is -2.27. The SMILES string of the molecule is O=C(CCNS(=O)(=O)c1ccc(Br)cc1)Nc1ccc(O)cc1. The molecule has 0 saturated carbocycles. The fraction of sp³-hybridized carbons (Fsp3) is 0.133. The molecular weight excluding hydrogens is 384 g/mol. The lowest BCUT2D eigenvalue weighted by Gasteiger charge is -2.08. The molecule has 2 rings (SSSR count). The molecule has 8 heteroatoms. The summed E-state index contributed by atoms with van der Waals surface area (Å²) in [5, 5.41) is 11.8. The van der Waals surface area contributed by atoms with Crippen molar-refractivity contribution in [2.45, 2.75) is 11.3 Å². The fourth-order valence-corrected chi connectivity index (χ4v) is 3.06. The normalized spacial score (nSPS) is 11.2. The Morgan fingerprint density at radius 3 is 2.26 bits per heavy atom. The predicted octanol–water partition coefficient (Wildman–Crippen LogP) is 2.46. The van der Waals surface area contributed by atoms with Gasteiger partial charge in [-0.25, -0.2) is 13.1 Å². The molecule has 6 nitrogen and oxygen atoms in total. The van der Waals surface area contributed by atoms with Crippen LogP contribution in [0.3, 0.4) is 0 Å². The number of amides is 1. The molecule has 0 radical (unpaired) electrons. The quantitative estimate of drug-likeness (QED) is 0.651. The van der Waals surface area contributed by atoms with Crippen LogP contribution >= 0.6 is 15.9 Å². The summed E-state index contributed by atoms with van der Waals surface area (Å²) in [7, 11) is -3.64. The molecular formula is C15H15BrN2O4S. The van der Waals surface area contributed by atoms with E-state index in [1.165, 1.54) is 24.3 Å². The summed E-state index contributed by atoms with van der Waals surface area (Å²) < 4.78 is 27.2. The van der Waals surface area contributed by atoms with Crippen LogP contribution in [0.4, 0.5) is 5.69 Å². The van der Waals surface area contributed by atoms with Crippen LogP contribution in [-0.2, 0) is 14.8 Å². The molecule has 0 aromatic heterocycles. The number of sulfonamides is 1. The minimum atomic E-state index is -3.64. The molecule has 1 amide bonds. The Morgan fingerprint density at radius 1 is 1.04 bits per heavy atom. The molecule has 0 aliphatic carbocycles. The van der Waals surface area contributed by atoms with Gasteiger partial charge in [0.25, 0.3) is 0 Å². The number of carbonyl (C=O) groups is 1. The van der Waals surface area contributed by atoms with E-state index < -0.39 is 10.0 Å². The number of hydrogen-bond donors (Lipinski definition) is 3. The number of carbonyl (C=O) groups excluding carboxylic acids is 1. The molecule has 0 fully saturated rings. The van der Waals surface area contributed by atoms with Crippen LogP contribution < -0.4 is 10.0 Å². The number of benzene rings is 2. The first-order valence-electron chi connectivity index (χ1n) is 6.71. The maximum atomic E-state index is 12.0. The minimum Gasteiger partial charge on any atom is -0.508 e. The van der Waals surface area contributed by atoms with Crippen LogP contribution in [0, 0.1) is 0 Å². The molecule has 0 unspecified atom stereocenters. The summed E-state index contributed by atoms with van der Waals surface area (Å²) in [6.45, 7) is -0.0116. The second kappa shape index (κ2) is 7.58. The van der Waals surface area contributed by atoms with E-state index in [-0.39, 0.29) is 29.5 Å². The van der Waals surface area contributed by atoms with Crippen molar-refractivity contribution in [3.8, 4) is 5.75 Å². The van der Waals surface area contributed by atoms with Crippen molar-refractivity contribution in [2.24, 2.45) is 0 Å². The Kier molecular flexibility index (Phi) is 5.75. The van der Waals surface area contributed by atoms with Crippen molar-refractivity contribution < 1.29 is 18.3 Å².